The van der Waals surface area contributed by atoms with E-state index in [0.29, 0.717) is 10.2 Å². The fourth-order valence-electron chi connectivity index (χ4n) is 5.93. The molecule has 10 heteroatoms. The second-order valence-corrected chi connectivity index (χ2v) is 15.7. The van der Waals surface area contributed by atoms with E-state index >= 15 is 0 Å². The van der Waals surface area contributed by atoms with Crippen LogP contribution in [0.4, 0.5) is 5.69 Å². The molecule has 1 N–H and O–H groups in total. The van der Waals surface area contributed by atoms with Gasteiger partial charge in [-0.2, -0.15) is 0 Å². The van der Waals surface area contributed by atoms with Crippen molar-refractivity contribution in [2.75, 3.05) is 10.8 Å². The second kappa shape index (κ2) is 16.1. The summed E-state index contributed by atoms with van der Waals surface area (Å²) >= 11 is 7.00. The van der Waals surface area contributed by atoms with Gasteiger partial charge in [0.2, 0.25) is 11.8 Å². The molecule has 0 heterocycles. The molecule has 0 aliphatic heterocycles. The highest BCUT2D eigenvalue weighted by atomic mass is 79.9. The molecule has 4 aromatic rings. The van der Waals surface area contributed by atoms with Gasteiger partial charge in [-0.1, -0.05) is 117 Å². The van der Waals surface area contributed by atoms with E-state index in [1.54, 1.807) is 53.4 Å². The summed E-state index contributed by atoms with van der Waals surface area (Å²) in [7, 11) is -4.17. The van der Waals surface area contributed by atoms with Crippen LogP contribution >= 0.6 is 31.9 Å². The smallest absolute Gasteiger partial charge is 0.264 e. The molecule has 0 unspecified atom stereocenters. The molecule has 2 amide bonds. The molecule has 1 aliphatic rings. The standard InChI is InChI=1S/C37H39Br2N3O4S/c1-27-18-20-34(21-19-27)47(45,46)42(33-17-9-14-31(39)24-33)26-36(43)41(25-29-12-8-13-30(38)22-29)35(23-28-10-4-2-5-11-28)37(44)40-32-15-6-3-7-16-32/h2,4-5,8-14,17-22,24,32,35H,3,6-7,15-16,23,25-26H2,1H3,(H,40,44)/t35-/m0/s1. The summed E-state index contributed by atoms with van der Waals surface area (Å²) in [6.45, 7) is 1.50. The maximum atomic E-state index is 14.7. The van der Waals surface area contributed by atoms with Crippen molar-refractivity contribution in [2.45, 2.75) is 69.0 Å². The van der Waals surface area contributed by atoms with Gasteiger partial charge in [0.05, 0.1) is 10.6 Å². The number of hydrogen-bond donors (Lipinski definition) is 1. The predicted octanol–water partition coefficient (Wildman–Crippen LogP) is 7.80. The molecule has 0 spiro atoms. The number of hydrogen-bond acceptors (Lipinski definition) is 4. The molecule has 1 atom stereocenters. The van der Waals surface area contributed by atoms with Crippen molar-refractivity contribution < 1.29 is 18.0 Å². The van der Waals surface area contributed by atoms with Crippen molar-refractivity contribution in [3.05, 3.63) is 129 Å². The van der Waals surface area contributed by atoms with Crippen LogP contribution in [0.1, 0.15) is 48.8 Å². The summed E-state index contributed by atoms with van der Waals surface area (Å²) in [5.74, 6) is -0.722. The highest BCUT2D eigenvalue weighted by molar-refractivity contribution is 9.10. The lowest BCUT2D eigenvalue weighted by Crippen LogP contribution is -2.55. The Morgan fingerprint density at radius 2 is 1.45 bits per heavy atom. The average molecular weight is 782 g/mol. The Morgan fingerprint density at radius 1 is 0.809 bits per heavy atom. The van der Waals surface area contributed by atoms with E-state index in [-0.39, 0.29) is 29.8 Å². The molecule has 4 aromatic carbocycles. The monoisotopic (exact) mass is 779 g/mol. The Kier molecular flexibility index (Phi) is 11.9. The number of sulfonamides is 1. The second-order valence-electron chi connectivity index (χ2n) is 12.0. The van der Waals surface area contributed by atoms with Crippen LogP contribution in [0.3, 0.4) is 0 Å². The molecular weight excluding hydrogens is 742 g/mol. The number of benzene rings is 4. The van der Waals surface area contributed by atoms with E-state index in [9.17, 15) is 18.0 Å². The quantitative estimate of drug-likeness (QED) is 0.159. The van der Waals surface area contributed by atoms with Crippen molar-refractivity contribution in [3.63, 3.8) is 0 Å². The third-order valence-electron chi connectivity index (χ3n) is 8.45. The molecule has 246 valence electrons. The largest absolute Gasteiger partial charge is 0.352 e. The molecule has 0 aromatic heterocycles. The van der Waals surface area contributed by atoms with Gasteiger partial charge in [-0.3, -0.25) is 13.9 Å². The number of nitrogens with zero attached hydrogens (tertiary/aromatic N) is 2. The molecule has 0 saturated heterocycles. The van der Waals surface area contributed by atoms with Crippen LogP contribution in [0.2, 0.25) is 0 Å². The zero-order valence-corrected chi connectivity index (χ0v) is 30.3. The van der Waals surface area contributed by atoms with E-state index in [2.05, 4.69) is 37.2 Å². The lowest BCUT2D eigenvalue weighted by molar-refractivity contribution is -0.140. The predicted molar refractivity (Wildman–Crippen MR) is 193 cm³/mol. The van der Waals surface area contributed by atoms with Gasteiger partial charge in [0.1, 0.15) is 12.6 Å². The van der Waals surface area contributed by atoms with Crippen LogP contribution < -0.4 is 9.62 Å². The number of anilines is 1. The zero-order chi connectivity index (χ0) is 33.4. The van der Waals surface area contributed by atoms with Gasteiger partial charge >= 0.3 is 0 Å². The van der Waals surface area contributed by atoms with Gasteiger partial charge in [0.15, 0.2) is 0 Å². The number of carbonyl (C=O) groups is 2. The lowest BCUT2D eigenvalue weighted by atomic mass is 9.94. The summed E-state index contributed by atoms with van der Waals surface area (Å²) in [5, 5.41) is 3.25. The summed E-state index contributed by atoms with van der Waals surface area (Å²) in [5.41, 5.74) is 2.97. The normalized spacial score (nSPS) is 14.3. The van der Waals surface area contributed by atoms with Crippen LogP contribution in [-0.4, -0.2) is 43.8 Å². The van der Waals surface area contributed by atoms with Crippen LogP contribution in [0.5, 0.6) is 0 Å². The third-order valence-corrected chi connectivity index (χ3v) is 11.2. The first kappa shape index (κ1) is 34.9. The summed E-state index contributed by atoms with van der Waals surface area (Å²) < 4.78 is 31.1. The Hall–Kier alpha value is -3.47. The van der Waals surface area contributed by atoms with Crippen LogP contribution in [0, 0.1) is 6.92 Å². The Labute approximate surface area is 294 Å². The van der Waals surface area contributed by atoms with Crippen LogP contribution in [-0.2, 0) is 32.6 Å². The van der Waals surface area contributed by atoms with Crippen molar-refractivity contribution in [1.82, 2.24) is 10.2 Å². The Morgan fingerprint density at radius 3 is 2.11 bits per heavy atom. The van der Waals surface area contributed by atoms with E-state index in [1.165, 1.54) is 0 Å². The maximum Gasteiger partial charge on any atom is 0.264 e. The molecule has 0 radical (unpaired) electrons. The minimum Gasteiger partial charge on any atom is -0.352 e. The van der Waals surface area contributed by atoms with Gasteiger partial charge < -0.3 is 10.2 Å². The van der Waals surface area contributed by atoms with Crippen molar-refractivity contribution in [2.24, 2.45) is 0 Å². The molecule has 1 saturated carbocycles. The molecule has 7 nitrogen and oxygen atoms in total. The number of nitrogens with one attached hydrogen (secondary N) is 1. The van der Waals surface area contributed by atoms with Gasteiger partial charge in [-0.25, -0.2) is 8.42 Å². The number of rotatable bonds is 12. The van der Waals surface area contributed by atoms with E-state index < -0.39 is 28.5 Å². The lowest BCUT2D eigenvalue weighted by Gasteiger charge is -2.35. The average Bonchev–Trinajstić information content (AvgIpc) is 3.06. The number of amides is 2. The number of carbonyl (C=O) groups excluding carboxylic acids is 2. The van der Waals surface area contributed by atoms with Gasteiger partial charge in [-0.05, 0) is 73.4 Å². The SMILES string of the molecule is Cc1ccc(S(=O)(=O)N(CC(=O)N(Cc2cccc(Br)c2)[C@@H](Cc2ccccc2)C(=O)NC2CCCCC2)c2cccc(Br)c2)cc1. The fourth-order valence-corrected chi connectivity index (χ4v) is 8.17. The highest BCUT2D eigenvalue weighted by Gasteiger charge is 2.35. The molecule has 1 fully saturated rings. The first-order chi connectivity index (χ1) is 22.6. The molecule has 1 aliphatic carbocycles. The Bertz CT molecular complexity index is 1780. The van der Waals surface area contributed by atoms with Gasteiger partial charge in [0, 0.05) is 28.0 Å². The molecular formula is C37H39Br2N3O4S. The molecule has 5 rings (SSSR count). The van der Waals surface area contributed by atoms with Gasteiger partial charge in [-0.15, -0.1) is 0 Å². The van der Waals surface area contributed by atoms with Crippen molar-refractivity contribution in [3.8, 4) is 0 Å². The molecule has 47 heavy (non-hydrogen) atoms. The third kappa shape index (κ3) is 9.33. The summed E-state index contributed by atoms with van der Waals surface area (Å²) in [4.78, 5) is 30.5. The number of halogens is 2. The topological polar surface area (TPSA) is 86.8 Å². The van der Waals surface area contributed by atoms with Crippen LogP contribution in [0.25, 0.3) is 0 Å². The molecule has 0 bridgehead atoms. The van der Waals surface area contributed by atoms with Crippen LogP contribution in [0.15, 0.2) is 117 Å². The van der Waals surface area contributed by atoms with E-state index in [1.807, 2.05) is 61.5 Å². The van der Waals surface area contributed by atoms with Crippen molar-refractivity contribution in [1.29, 1.82) is 0 Å². The fraction of sp³-hybridized carbons (Fsp3) is 0.297. The summed E-state index contributed by atoms with van der Waals surface area (Å²) in [6.07, 6.45) is 5.32. The highest BCUT2D eigenvalue weighted by Crippen LogP contribution is 2.28. The minimum atomic E-state index is -4.17. The van der Waals surface area contributed by atoms with Crippen molar-refractivity contribution >= 4 is 59.4 Å². The first-order valence-corrected chi connectivity index (χ1v) is 18.9. The maximum absolute atomic E-state index is 14.7. The minimum absolute atomic E-state index is 0.0393. The number of aryl methyl sites for hydroxylation is 1. The first-order valence-electron chi connectivity index (χ1n) is 15.8. The summed E-state index contributed by atoms with van der Waals surface area (Å²) in [6, 6.07) is 29.8. The van der Waals surface area contributed by atoms with E-state index in [4.69, 9.17) is 0 Å². The zero-order valence-electron chi connectivity index (χ0n) is 26.3. The Balaban J connectivity index is 1.56. The van der Waals surface area contributed by atoms with E-state index in [0.717, 1.165) is 57.6 Å². The van der Waals surface area contributed by atoms with Gasteiger partial charge in [0.25, 0.3) is 10.0 Å².